The molecular formula is C15H23FN4O. The maximum atomic E-state index is 13.0. The Morgan fingerprint density at radius 1 is 1.33 bits per heavy atom. The van der Waals surface area contributed by atoms with Crippen LogP contribution in [0.25, 0.3) is 0 Å². The van der Waals surface area contributed by atoms with Gasteiger partial charge in [0.05, 0.1) is 17.4 Å². The molecule has 1 saturated heterocycles. The molecule has 1 aliphatic rings. The molecule has 5 nitrogen and oxygen atoms in total. The average Bonchev–Trinajstić information content (AvgIpc) is 2.66. The Labute approximate surface area is 124 Å². The second kappa shape index (κ2) is 6.87. The summed E-state index contributed by atoms with van der Waals surface area (Å²) in [6, 6.07) is 3.76. The van der Waals surface area contributed by atoms with E-state index < -0.39 is 5.82 Å². The molecule has 0 bridgehead atoms. The van der Waals surface area contributed by atoms with Crippen molar-refractivity contribution in [2.45, 2.75) is 19.4 Å². The van der Waals surface area contributed by atoms with Crippen LogP contribution in [0.15, 0.2) is 18.2 Å². The molecule has 0 aromatic heterocycles. The van der Waals surface area contributed by atoms with Crippen molar-refractivity contribution < 1.29 is 9.18 Å². The van der Waals surface area contributed by atoms with Crippen molar-refractivity contribution in [3.8, 4) is 0 Å². The molecule has 6 heteroatoms. The first kappa shape index (κ1) is 15.7. The number of hydrogen-bond donors (Lipinski definition) is 2. The number of carbonyl (C=O) groups is 1. The molecule has 1 unspecified atom stereocenters. The van der Waals surface area contributed by atoms with Crippen LogP contribution in [-0.2, 0) is 4.79 Å². The van der Waals surface area contributed by atoms with Gasteiger partial charge in [-0.1, -0.05) is 0 Å². The fraction of sp³-hybridized carbons (Fsp3) is 0.533. The smallest absolute Gasteiger partial charge is 0.241 e. The van der Waals surface area contributed by atoms with Crippen LogP contribution in [0, 0.1) is 5.82 Å². The van der Waals surface area contributed by atoms with Gasteiger partial charge in [0.2, 0.25) is 5.91 Å². The van der Waals surface area contributed by atoms with E-state index in [-0.39, 0.29) is 17.6 Å². The number of benzene rings is 1. The van der Waals surface area contributed by atoms with E-state index in [1.54, 1.807) is 0 Å². The van der Waals surface area contributed by atoms with Gasteiger partial charge in [0, 0.05) is 19.6 Å². The van der Waals surface area contributed by atoms with Gasteiger partial charge < -0.3 is 16.0 Å². The van der Waals surface area contributed by atoms with E-state index in [0.717, 1.165) is 32.6 Å². The molecule has 0 radical (unpaired) electrons. The van der Waals surface area contributed by atoms with Gasteiger partial charge in [-0.2, -0.15) is 0 Å². The molecule has 1 atom stereocenters. The Kier molecular flexibility index (Phi) is 5.14. The minimum absolute atomic E-state index is 0.113. The summed E-state index contributed by atoms with van der Waals surface area (Å²) in [4.78, 5) is 16.8. The van der Waals surface area contributed by atoms with Crippen molar-refractivity contribution in [3.63, 3.8) is 0 Å². The highest BCUT2D eigenvalue weighted by molar-refractivity contribution is 5.97. The van der Waals surface area contributed by atoms with E-state index in [1.807, 2.05) is 6.92 Å². The van der Waals surface area contributed by atoms with Gasteiger partial charge in [0.15, 0.2) is 0 Å². The van der Waals surface area contributed by atoms with Gasteiger partial charge >= 0.3 is 0 Å². The lowest BCUT2D eigenvalue weighted by molar-refractivity contribution is -0.120. The second-order valence-electron chi connectivity index (χ2n) is 5.59. The normalized spacial score (nSPS) is 19.0. The Morgan fingerprint density at radius 3 is 2.81 bits per heavy atom. The molecule has 116 valence electrons. The first-order chi connectivity index (χ1) is 9.97. The third-order valence-electron chi connectivity index (χ3n) is 3.95. The lowest BCUT2D eigenvalue weighted by Crippen LogP contribution is -2.43. The summed E-state index contributed by atoms with van der Waals surface area (Å²) in [5.74, 6) is -0.521. The van der Waals surface area contributed by atoms with Gasteiger partial charge in [0.25, 0.3) is 0 Å². The lowest BCUT2D eigenvalue weighted by Gasteiger charge is -2.26. The highest BCUT2D eigenvalue weighted by atomic mass is 19.1. The van der Waals surface area contributed by atoms with E-state index in [9.17, 15) is 9.18 Å². The predicted octanol–water partition coefficient (Wildman–Crippen LogP) is 1.37. The van der Waals surface area contributed by atoms with E-state index >= 15 is 0 Å². The molecule has 1 aromatic rings. The molecule has 0 aliphatic carbocycles. The Hall–Kier alpha value is -1.66. The largest absolute Gasteiger partial charge is 0.397 e. The van der Waals surface area contributed by atoms with Gasteiger partial charge in [-0.05, 0) is 45.1 Å². The highest BCUT2D eigenvalue weighted by Gasteiger charge is 2.23. The molecular weight excluding hydrogens is 271 g/mol. The lowest BCUT2D eigenvalue weighted by atomic mass is 10.2. The first-order valence-electron chi connectivity index (χ1n) is 7.26. The van der Waals surface area contributed by atoms with Gasteiger partial charge in [-0.3, -0.25) is 9.69 Å². The summed E-state index contributed by atoms with van der Waals surface area (Å²) in [5, 5.41) is 2.78. The zero-order valence-corrected chi connectivity index (χ0v) is 12.6. The van der Waals surface area contributed by atoms with Crippen molar-refractivity contribution in [1.82, 2.24) is 9.80 Å². The summed E-state index contributed by atoms with van der Waals surface area (Å²) >= 11 is 0. The molecule has 2 rings (SSSR count). The Bertz CT molecular complexity index is 508. The first-order valence-corrected chi connectivity index (χ1v) is 7.26. The van der Waals surface area contributed by atoms with Crippen LogP contribution >= 0.6 is 0 Å². The number of likely N-dealkylation sites (N-methyl/N-ethyl adjacent to an activating group) is 1. The minimum atomic E-state index is -0.408. The number of nitrogens with zero attached hydrogens (tertiary/aromatic N) is 2. The van der Waals surface area contributed by atoms with Crippen LogP contribution in [0.1, 0.15) is 13.3 Å². The van der Waals surface area contributed by atoms with Gasteiger partial charge in [-0.25, -0.2) is 4.39 Å². The molecule has 1 aromatic carbocycles. The Balaban J connectivity index is 1.98. The van der Waals surface area contributed by atoms with E-state index in [2.05, 4.69) is 22.2 Å². The molecule has 21 heavy (non-hydrogen) atoms. The quantitative estimate of drug-likeness (QED) is 0.827. The topological polar surface area (TPSA) is 61.6 Å². The van der Waals surface area contributed by atoms with Gasteiger partial charge in [0.1, 0.15) is 5.82 Å². The molecule has 0 saturated carbocycles. The fourth-order valence-electron chi connectivity index (χ4n) is 2.50. The third-order valence-corrected chi connectivity index (χ3v) is 3.95. The highest BCUT2D eigenvalue weighted by Crippen LogP contribution is 2.19. The number of anilines is 2. The molecule has 1 heterocycles. The number of hydrogen-bond acceptors (Lipinski definition) is 4. The average molecular weight is 294 g/mol. The van der Waals surface area contributed by atoms with E-state index in [0.29, 0.717) is 5.69 Å². The summed E-state index contributed by atoms with van der Waals surface area (Å²) in [7, 11) is 2.09. The zero-order valence-electron chi connectivity index (χ0n) is 12.6. The summed E-state index contributed by atoms with van der Waals surface area (Å²) < 4.78 is 13.0. The number of halogens is 1. The van der Waals surface area contributed by atoms with Crippen molar-refractivity contribution in [2.24, 2.45) is 0 Å². The van der Waals surface area contributed by atoms with E-state index in [1.165, 1.54) is 18.2 Å². The number of nitrogens with one attached hydrogen (secondary N) is 1. The van der Waals surface area contributed by atoms with Crippen molar-refractivity contribution >= 4 is 17.3 Å². The van der Waals surface area contributed by atoms with Crippen LogP contribution in [0.3, 0.4) is 0 Å². The van der Waals surface area contributed by atoms with Crippen LogP contribution < -0.4 is 11.1 Å². The molecule has 0 spiro atoms. The zero-order chi connectivity index (χ0) is 15.4. The second-order valence-corrected chi connectivity index (χ2v) is 5.59. The van der Waals surface area contributed by atoms with Crippen LogP contribution in [0.2, 0.25) is 0 Å². The Morgan fingerprint density at radius 2 is 2.10 bits per heavy atom. The third kappa shape index (κ3) is 4.15. The standard InChI is InChI=1S/C15H23FN4O/c1-11(20-7-3-6-19(2)8-9-20)15(21)18-14-5-4-12(16)10-13(14)17/h4-5,10-11H,3,6-9,17H2,1-2H3,(H,18,21). The number of nitrogens with two attached hydrogens (primary N) is 1. The summed E-state index contributed by atoms with van der Waals surface area (Å²) in [6.07, 6.45) is 1.05. The SMILES string of the molecule is CC(C(=O)Nc1ccc(F)cc1N)N1CCCN(C)CC1. The fourth-order valence-corrected chi connectivity index (χ4v) is 2.50. The van der Waals surface area contributed by atoms with Crippen molar-refractivity contribution in [3.05, 3.63) is 24.0 Å². The van der Waals surface area contributed by atoms with Crippen molar-refractivity contribution in [1.29, 1.82) is 0 Å². The molecule has 1 aliphatic heterocycles. The molecule has 1 fully saturated rings. The van der Waals surface area contributed by atoms with Crippen LogP contribution in [0.5, 0.6) is 0 Å². The van der Waals surface area contributed by atoms with Crippen LogP contribution in [-0.4, -0.2) is 55.0 Å². The molecule has 1 amide bonds. The maximum absolute atomic E-state index is 13.0. The minimum Gasteiger partial charge on any atom is -0.397 e. The predicted molar refractivity (Wildman–Crippen MR) is 82.6 cm³/mol. The number of rotatable bonds is 3. The van der Waals surface area contributed by atoms with Gasteiger partial charge in [-0.15, -0.1) is 0 Å². The maximum Gasteiger partial charge on any atom is 0.241 e. The van der Waals surface area contributed by atoms with E-state index in [4.69, 9.17) is 5.73 Å². The number of amides is 1. The summed E-state index contributed by atoms with van der Waals surface area (Å²) in [5.41, 5.74) is 6.42. The number of nitrogen functional groups attached to an aromatic ring is 1. The monoisotopic (exact) mass is 294 g/mol. The van der Waals surface area contributed by atoms with Crippen LogP contribution in [0.4, 0.5) is 15.8 Å². The number of carbonyl (C=O) groups excluding carboxylic acids is 1. The van der Waals surface area contributed by atoms with Crippen molar-refractivity contribution in [2.75, 3.05) is 44.3 Å². The summed E-state index contributed by atoms with van der Waals surface area (Å²) in [6.45, 7) is 5.66. The molecule has 3 N–H and O–H groups in total.